The van der Waals surface area contributed by atoms with Gasteiger partial charge in [0.2, 0.25) is 0 Å². The molecule has 1 amide bonds. The molecular weight excluding hydrogens is 373 g/mol. The van der Waals surface area contributed by atoms with Gasteiger partial charge < -0.3 is 5.32 Å². The monoisotopic (exact) mass is 391 g/mol. The van der Waals surface area contributed by atoms with Crippen LogP contribution in [0.5, 0.6) is 0 Å². The van der Waals surface area contributed by atoms with Gasteiger partial charge in [0.15, 0.2) is 5.82 Å². The predicted octanol–water partition coefficient (Wildman–Crippen LogP) is 3.02. The number of halogens is 1. The molecule has 29 heavy (non-hydrogen) atoms. The van der Waals surface area contributed by atoms with Gasteiger partial charge in [0.25, 0.3) is 5.91 Å². The summed E-state index contributed by atoms with van der Waals surface area (Å²) in [5.74, 6) is -0.00200. The highest BCUT2D eigenvalue weighted by molar-refractivity contribution is 6.05. The number of hydrogen-bond donors (Lipinski definition) is 1. The lowest BCUT2D eigenvalue weighted by molar-refractivity contribution is 0.102. The van der Waals surface area contributed by atoms with Crippen LogP contribution in [-0.4, -0.2) is 35.9 Å². The van der Waals surface area contributed by atoms with Crippen molar-refractivity contribution in [1.29, 1.82) is 0 Å². The van der Waals surface area contributed by atoms with Crippen molar-refractivity contribution >= 4 is 11.6 Å². The van der Waals surface area contributed by atoms with Crippen LogP contribution >= 0.6 is 0 Å². The van der Waals surface area contributed by atoms with Crippen LogP contribution in [0.1, 0.15) is 23.0 Å². The van der Waals surface area contributed by atoms with E-state index in [2.05, 4.69) is 25.9 Å². The summed E-state index contributed by atoms with van der Waals surface area (Å²) in [6, 6.07) is 13.3. The van der Waals surface area contributed by atoms with Crippen molar-refractivity contribution in [3.8, 4) is 17.1 Å². The summed E-state index contributed by atoms with van der Waals surface area (Å²) in [6.45, 7) is 1.94. The molecule has 0 saturated carbocycles. The topological polar surface area (TPSA) is 90.5 Å². The van der Waals surface area contributed by atoms with Crippen molar-refractivity contribution in [1.82, 2.24) is 30.0 Å². The van der Waals surface area contributed by atoms with Crippen molar-refractivity contribution in [3.63, 3.8) is 0 Å². The Kier molecular flexibility index (Phi) is 4.86. The van der Waals surface area contributed by atoms with Crippen molar-refractivity contribution in [2.24, 2.45) is 7.05 Å². The largest absolute Gasteiger partial charge is 0.322 e. The van der Waals surface area contributed by atoms with E-state index in [1.807, 2.05) is 19.1 Å². The first kappa shape index (κ1) is 18.5. The molecule has 2 aromatic carbocycles. The summed E-state index contributed by atoms with van der Waals surface area (Å²) >= 11 is 0. The molecule has 0 aliphatic rings. The standard InChI is InChI=1S/C20H18FN7O/c1-3-18-17(12-22-28(18)16-9-7-14(21)8-10-16)20(29)23-15-6-4-5-13(11-15)19-24-25-26-27(19)2/h4-12H,3H2,1-2H3,(H,23,29). The number of benzene rings is 2. The lowest BCUT2D eigenvalue weighted by Crippen LogP contribution is -2.14. The zero-order valence-electron chi connectivity index (χ0n) is 15.9. The molecule has 0 aliphatic heterocycles. The Balaban J connectivity index is 1.61. The van der Waals surface area contributed by atoms with Crippen molar-refractivity contribution < 1.29 is 9.18 Å². The molecule has 4 aromatic rings. The second-order valence-corrected chi connectivity index (χ2v) is 6.41. The maximum Gasteiger partial charge on any atom is 0.259 e. The third-order valence-electron chi connectivity index (χ3n) is 4.52. The lowest BCUT2D eigenvalue weighted by atomic mass is 10.1. The van der Waals surface area contributed by atoms with Gasteiger partial charge in [-0.1, -0.05) is 19.1 Å². The van der Waals surface area contributed by atoms with E-state index in [1.54, 1.807) is 40.7 Å². The van der Waals surface area contributed by atoms with Gasteiger partial charge in [-0.3, -0.25) is 4.79 Å². The van der Waals surface area contributed by atoms with E-state index >= 15 is 0 Å². The van der Waals surface area contributed by atoms with Crippen LogP contribution < -0.4 is 5.32 Å². The fourth-order valence-electron chi connectivity index (χ4n) is 3.12. The van der Waals surface area contributed by atoms with Gasteiger partial charge in [-0.05, 0) is 53.2 Å². The smallest absolute Gasteiger partial charge is 0.259 e. The molecule has 4 rings (SSSR count). The Morgan fingerprint density at radius 3 is 2.66 bits per heavy atom. The average Bonchev–Trinajstić information content (AvgIpc) is 3.35. The summed E-state index contributed by atoms with van der Waals surface area (Å²) in [5.41, 5.74) is 3.30. The Labute approximate surface area is 166 Å². The van der Waals surface area contributed by atoms with Gasteiger partial charge in [0.05, 0.1) is 23.1 Å². The van der Waals surface area contributed by atoms with Gasteiger partial charge in [0, 0.05) is 18.3 Å². The molecule has 0 fully saturated rings. The Bertz CT molecular complexity index is 1160. The fraction of sp³-hybridized carbons (Fsp3) is 0.150. The maximum atomic E-state index is 13.2. The minimum Gasteiger partial charge on any atom is -0.322 e. The highest BCUT2D eigenvalue weighted by atomic mass is 19.1. The summed E-state index contributed by atoms with van der Waals surface area (Å²) in [5, 5.41) is 18.7. The minimum atomic E-state index is -0.324. The Hall–Kier alpha value is -3.88. The van der Waals surface area contributed by atoms with E-state index in [0.29, 0.717) is 29.2 Å². The van der Waals surface area contributed by atoms with Gasteiger partial charge in [-0.25, -0.2) is 13.8 Å². The number of tetrazole rings is 1. The van der Waals surface area contributed by atoms with E-state index in [-0.39, 0.29) is 11.7 Å². The van der Waals surface area contributed by atoms with E-state index in [9.17, 15) is 9.18 Å². The molecule has 146 valence electrons. The maximum absolute atomic E-state index is 13.2. The number of amides is 1. The molecule has 8 nitrogen and oxygen atoms in total. The number of nitrogens with one attached hydrogen (secondary N) is 1. The third kappa shape index (κ3) is 3.62. The average molecular weight is 391 g/mol. The third-order valence-corrected chi connectivity index (χ3v) is 4.52. The van der Waals surface area contributed by atoms with Gasteiger partial charge in [0.1, 0.15) is 5.82 Å². The Morgan fingerprint density at radius 1 is 1.17 bits per heavy atom. The van der Waals surface area contributed by atoms with E-state index in [4.69, 9.17) is 0 Å². The van der Waals surface area contributed by atoms with Gasteiger partial charge >= 0.3 is 0 Å². The van der Waals surface area contributed by atoms with E-state index < -0.39 is 0 Å². The zero-order chi connectivity index (χ0) is 20.4. The van der Waals surface area contributed by atoms with Crippen LogP contribution in [0.3, 0.4) is 0 Å². The van der Waals surface area contributed by atoms with E-state index in [1.165, 1.54) is 18.3 Å². The zero-order valence-corrected chi connectivity index (χ0v) is 15.9. The van der Waals surface area contributed by atoms with Crippen LogP contribution in [0.25, 0.3) is 17.1 Å². The fourth-order valence-corrected chi connectivity index (χ4v) is 3.12. The first-order valence-corrected chi connectivity index (χ1v) is 9.04. The highest BCUT2D eigenvalue weighted by Crippen LogP contribution is 2.22. The molecule has 0 unspecified atom stereocenters. The number of aryl methyl sites for hydroxylation is 1. The second kappa shape index (κ2) is 7.63. The van der Waals surface area contributed by atoms with Crippen LogP contribution in [0, 0.1) is 5.82 Å². The molecular formula is C20H18FN7O. The quantitative estimate of drug-likeness (QED) is 0.565. The molecule has 2 heterocycles. The second-order valence-electron chi connectivity index (χ2n) is 6.41. The number of carbonyl (C=O) groups is 1. The van der Waals surface area contributed by atoms with Gasteiger partial charge in [-0.2, -0.15) is 5.10 Å². The van der Waals surface area contributed by atoms with Crippen molar-refractivity contribution in [2.45, 2.75) is 13.3 Å². The highest BCUT2D eigenvalue weighted by Gasteiger charge is 2.18. The summed E-state index contributed by atoms with van der Waals surface area (Å²) in [6.07, 6.45) is 2.11. The molecule has 0 atom stereocenters. The van der Waals surface area contributed by atoms with Crippen LogP contribution in [-0.2, 0) is 13.5 Å². The first-order chi connectivity index (χ1) is 14.1. The van der Waals surface area contributed by atoms with Crippen molar-refractivity contribution in [3.05, 3.63) is 71.8 Å². The molecule has 0 saturated heterocycles. The molecule has 9 heteroatoms. The van der Waals surface area contributed by atoms with Crippen LogP contribution in [0.2, 0.25) is 0 Å². The Morgan fingerprint density at radius 2 is 1.97 bits per heavy atom. The number of aromatic nitrogens is 6. The van der Waals surface area contributed by atoms with Gasteiger partial charge in [-0.15, -0.1) is 5.10 Å². The first-order valence-electron chi connectivity index (χ1n) is 9.04. The molecule has 1 N–H and O–H groups in total. The van der Waals surface area contributed by atoms with E-state index in [0.717, 1.165) is 11.3 Å². The molecule has 0 bridgehead atoms. The van der Waals surface area contributed by atoms with Crippen LogP contribution in [0.4, 0.5) is 10.1 Å². The summed E-state index contributed by atoms with van der Waals surface area (Å²) < 4.78 is 16.4. The number of nitrogens with zero attached hydrogens (tertiary/aromatic N) is 6. The normalized spacial score (nSPS) is 10.9. The molecule has 0 spiro atoms. The molecule has 2 aromatic heterocycles. The van der Waals surface area contributed by atoms with Crippen LogP contribution in [0.15, 0.2) is 54.7 Å². The lowest BCUT2D eigenvalue weighted by Gasteiger charge is -2.09. The predicted molar refractivity (Wildman–Crippen MR) is 105 cm³/mol. The van der Waals surface area contributed by atoms with Crippen molar-refractivity contribution in [2.75, 3.05) is 5.32 Å². The molecule has 0 aliphatic carbocycles. The number of hydrogen-bond acceptors (Lipinski definition) is 5. The number of rotatable bonds is 5. The molecule has 0 radical (unpaired) electrons. The SMILES string of the molecule is CCc1c(C(=O)Nc2cccc(-c3nnnn3C)c2)cnn1-c1ccc(F)cc1. The minimum absolute atomic E-state index is 0.275. The number of anilines is 1. The summed E-state index contributed by atoms with van der Waals surface area (Å²) in [4.78, 5) is 12.9. The summed E-state index contributed by atoms with van der Waals surface area (Å²) in [7, 11) is 1.75. The number of carbonyl (C=O) groups excluding carboxylic acids is 1.